The highest BCUT2D eigenvalue weighted by Gasteiger charge is 2.22. The maximum Gasteiger partial charge on any atom is 0.164 e. The summed E-state index contributed by atoms with van der Waals surface area (Å²) in [6.45, 7) is 0. The highest BCUT2D eigenvalue weighted by molar-refractivity contribution is 6.16. The summed E-state index contributed by atoms with van der Waals surface area (Å²) in [6, 6.07) is 49.6. The SMILES string of the molecule is c1ccc(-c2nc(-c3ccccc3)nc(-c3ccc(-n4c5ccccc5c5ccccc54)c4oc5ccccc5c34)n2)cc1. The standard InChI is InChI=1S/C39H24N4O/c1-3-13-25(14-4-1)37-40-38(26-15-5-2-6-16-26)42-39(41-37)30-23-24-33(36-35(30)29-19-9-12-22-34(29)44-36)43-31-20-10-7-17-27(31)28-18-8-11-21-32(28)43/h1-24H. The van der Waals surface area contributed by atoms with Gasteiger partial charge >= 0.3 is 0 Å². The summed E-state index contributed by atoms with van der Waals surface area (Å²) in [5, 5.41) is 4.40. The summed E-state index contributed by atoms with van der Waals surface area (Å²) < 4.78 is 9.01. The first-order chi connectivity index (χ1) is 21.8. The number of fused-ring (bicyclic) bond motifs is 6. The van der Waals surface area contributed by atoms with E-state index in [9.17, 15) is 0 Å². The van der Waals surface area contributed by atoms with Crippen LogP contribution in [0.2, 0.25) is 0 Å². The van der Waals surface area contributed by atoms with Crippen LogP contribution in [-0.2, 0) is 0 Å². The predicted molar refractivity (Wildman–Crippen MR) is 178 cm³/mol. The fourth-order valence-electron chi connectivity index (χ4n) is 6.29. The van der Waals surface area contributed by atoms with Crippen molar-refractivity contribution >= 4 is 43.7 Å². The van der Waals surface area contributed by atoms with E-state index in [-0.39, 0.29) is 0 Å². The summed E-state index contributed by atoms with van der Waals surface area (Å²) in [5.41, 5.74) is 7.59. The zero-order chi connectivity index (χ0) is 29.0. The monoisotopic (exact) mass is 564 g/mol. The smallest absolute Gasteiger partial charge is 0.164 e. The van der Waals surface area contributed by atoms with Gasteiger partial charge in [-0.3, -0.25) is 0 Å². The molecule has 9 rings (SSSR count). The highest BCUT2D eigenvalue weighted by atomic mass is 16.3. The summed E-state index contributed by atoms with van der Waals surface area (Å²) in [6.07, 6.45) is 0. The van der Waals surface area contributed by atoms with Gasteiger partial charge in [0.1, 0.15) is 5.58 Å². The first-order valence-electron chi connectivity index (χ1n) is 14.6. The minimum Gasteiger partial charge on any atom is -0.454 e. The Kier molecular flexibility index (Phi) is 5.43. The van der Waals surface area contributed by atoms with Crippen molar-refractivity contribution in [3.63, 3.8) is 0 Å². The quantitative estimate of drug-likeness (QED) is 0.213. The van der Waals surface area contributed by atoms with Crippen LogP contribution in [-0.4, -0.2) is 19.5 Å². The fraction of sp³-hybridized carbons (Fsp3) is 0. The van der Waals surface area contributed by atoms with Gasteiger partial charge in [-0.05, 0) is 30.3 Å². The number of rotatable bonds is 4. The Bertz CT molecular complexity index is 2380. The van der Waals surface area contributed by atoms with Gasteiger partial charge in [-0.2, -0.15) is 0 Å². The molecule has 5 nitrogen and oxygen atoms in total. The molecule has 44 heavy (non-hydrogen) atoms. The zero-order valence-electron chi connectivity index (χ0n) is 23.6. The van der Waals surface area contributed by atoms with E-state index in [2.05, 4.69) is 71.3 Å². The molecular formula is C39H24N4O. The van der Waals surface area contributed by atoms with Crippen molar-refractivity contribution in [1.29, 1.82) is 0 Å². The second-order valence-electron chi connectivity index (χ2n) is 10.8. The molecule has 206 valence electrons. The van der Waals surface area contributed by atoms with Crippen LogP contribution in [0.1, 0.15) is 0 Å². The molecule has 0 N–H and O–H groups in total. The molecule has 0 aliphatic carbocycles. The summed E-state index contributed by atoms with van der Waals surface area (Å²) in [7, 11) is 0. The Morgan fingerprint density at radius 2 is 0.932 bits per heavy atom. The highest BCUT2D eigenvalue weighted by Crippen LogP contribution is 2.42. The van der Waals surface area contributed by atoms with Crippen LogP contribution in [0.5, 0.6) is 0 Å². The average molecular weight is 565 g/mol. The van der Waals surface area contributed by atoms with Gasteiger partial charge in [-0.15, -0.1) is 0 Å². The second kappa shape index (κ2) is 9.75. The van der Waals surface area contributed by atoms with E-state index in [4.69, 9.17) is 19.4 Å². The Hall–Kier alpha value is -6.07. The lowest BCUT2D eigenvalue weighted by Gasteiger charge is -2.12. The van der Waals surface area contributed by atoms with Gasteiger partial charge in [0.05, 0.1) is 16.7 Å². The molecule has 3 heterocycles. The molecule has 0 unspecified atom stereocenters. The van der Waals surface area contributed by atoms with Crippen LogP contribution < -0.4 is 0 Å². The van der Waals surface area contributed by atoms with E-state index >= 15 is 0 Å². The maximum absolute atomic E-state index is 6.71. The van der Waals surface area contributed by atoms with Gasteiger partial charge in [0.15, 0.2) is 23.1 Å². The second-order valence-corrected chi connectivity index (χ2v) is 10.8. The number of aromatic nitrogens is 4. The van der Waals surface area contributed by atoms with E-state index in [1.54, 1.807) is 0 Å². The molecule has 0 saturated heterocycles. The normalized spacial score (nSPS) is 11.6. The number of hydrogen-bond donors (Lipinski definition) is 0. The molecule has 0 spiro atoms. The Balaban J connectivity index is 1.37. The van der Waals surface area contributed by atoms with E-state index in [0.29, 0.717) is 17.5 Å². The van der Waals surface area contributed by atoms with Crippen LogP contribution in [0, 0.1) is 0 Å². The largest absolute Gasteiger partial charge is 0.454 e. The molecule has 0 saturated carbocycles. The molecule has 0 aliphatic heterocycles. The fourth-order valence-corrected chi connectivity index (χ4v) is 6.29. The van der Waals surface area contributed by atoms with Gasteiger partial charge in [-0.1, -0.05) is 115 Å². The topological polar surface area (TPSA) is 56.7 Å². The van der Waals surface area contributed by atoms with Gasteiger partial charge in [0, 0.05) is 38.2 Å². The molecule has 3 aromatic heterocycles. The van der Waals surface area contributed by atoms with Crippen molar-refractivity contribution in [1.82, 2.24) is 19.5 Å². The molecule has 0 amide bonds. The van der Waals surface area contributed by atoms with Crippen LogP contribution >= 0.6 is 0 Å². The third-order valence-corrected chi connectivity index (χ3v) is 8.27. The average Bonchev–Trinajstić information content (AvgIpc) is 3.65. The third kappa shape index (κ3) is 3.76. The van der Waals surface area contributed by atoms with Gasteiger partial charge in [-0.25, -0.2) is 15.0 Å². The molecule has 0 bridgehead atoms. The lowest BCUT2D eigenvalue weighted by Crippen LogP contribution is -2.01. The minimum absolute atomic E-state index is 0.600. The van der Waals surface area contributed by atoms with Gasteiger partial charge in [0.2, 0.25) is 0 Å². The van der Waals surface area contributed by atoms with E-state index in [1.807, 2.05) is 78.9 Å². The first kappa shape index (κ1) is 24.5. The molecule has 0 radical (unpaired) electrons. The predicted octanol–water partition coefficient (Wildman–Crippen LogP) is 9.87. The molecule has 9 aromatic rings. The van der Waals surface area contributed by atoms with Crippen molar-refractivity contribution in [3.8, 4) is 39.9 Å². The van der Waals surface area contributed by atoms with Crippen molar-refractivity contribution < 1.29 is 4.42 Å². The Labute approximate surface area is 252 Å². The zero-order valence-corrected chi connectivity index (χ0v) is 23.6. The molecule has 0 fully saturated rings. The van der Waals surface area contributed by atoms with Gasteiger partial charge < -0.3 is 8.98 Å². The summed E-state index contributed by atoms with van der Waals surface area (Å²) >= 11 is 0. The lowest BCUT2D eigenvalue weighted by molar-refractivity contribution is 0.666. The van der Waals surface area contributed by atoms with Crippen molar-refractivity contribution in [2.75, 3.05) is 0 Å². The molecule has 0 aliphatic rings. The summed E-state index contributed by atoms with van der Waals surface area (Å²) in [5.74, 6) is 1.85. The van der Waals surface area contributed by atoms with E-state index in [1.165, 1.54) is 10.8 Å². The number of benzene rings is 6. The number of nitrogens with zero attached hydrogens (tertiary/aromatic N) is 4. The van der Waals surface area contributed by atoms with E-state index in [0.717, 1.165) is 55.3 Å². The van der Waals surface area contributed by atoms with Gasteiger partial charge in [0.25, 0.3) is 0 Å². The molecular weight excluding hydrogens is 540 g/mol. The first-order valence-corrected chi connectivity index (χ1v) is 14.6. The number of para-hydroxylation sites is 3. The van der Waals surface area contributed by atoms with Crippen LogP contribution in [0.3, 0.4) is 0 Å². The minimum atomic E-state index is 0.600. The van der Waals surface area contributed by atoms with Crippen LogP contribution in [0.25, 0.3) is 83.6 Å². The van der Waals surface area contributed by atoms with Crippen molar-refractivity contribution in [3.05, 3.63) is 146 Å². The molecule has 0 atom stereocenters. The number of hydrogen-bond acceptors (Lipinski definition) is 4. The number of furan rings is 1. The maximum atomic E-state index is 6.71. The molecule has 6 aromatic carbocycles. The third-order valence-electron chi connectivity index (χ3n) is 8.27. The van der Waals surface area contributed by atoms with Crippen LogP contribution in [0.4, 0.5) is 0 Å². The molecule has 5 heteroatoms. The van der Waals surface area contributed by atoms with Crippen LogP contribution in [0.15, 0.2) is 150 Å². The Morgan fingerprint density at radius 1 is 0.432 bits per heavy atom. The van der Waals surface area contributed by atoms with Crippen molar-refractivity contribution in [2.24, 2.45) is 0 Å². The lowest BCUT2D eigenvalue weighted by atomic mass is 10.0. The Morgan fingerprint density at radius 3 is 1.55 bits per heavy atom. The summed E-state index contributed by atoms with van der Waals surface area (Å²) in [4.78, 5) is 15.0. The van der Waals surface area contributed by atoms with E-state index < -0.39 is 0 Å². The van der Waals surface area contributed by atoms with Crippen molar-refractivity contribution in [2.45, 2.75) is 0 Å².